The van der Waals surface area contributed by atoms with E-state index in [4.69, 9.17) is 18.9 Å². The van der Waals surface area contributed by atoms with Gasteiger partial charge in [-0.3, -0.25) is 9.59 Å². The van der Waals surface area contributed by atoms with Crippen molar-refractivity contribution in [2.24, 2.45) is 0 Å². The molecule has 0 aliphatic carbocycles. The standard InChI is InChI=1S/C29H38N2O7/c1-8-9-14-38-21-11-10-19(15-18(21)2)26(32)24-25(31(13-12-30(3)4)29(34)27(24)33)20-16-22(35-5)28(37-7)23(17-20)36-6/h10-11,15-17,25,32H,8-9,12-14H2,1-7H3/t25-/m1/s1. The molecule has 1 aliphatic rings. The van der Waals surface area contributed by atoms with Gasteiger partial charge in [-0.2, -0.15) is 0 Å². The van der Waals surface area contributed by atoms with Crippen molar-refractivity contribution in [1.29, 1.82) is 0 Å². The second-order valence-corrected chi connectivity index (χ2v) is 9.44. The molecule has 2 aromatic rings. The summed E-state index contributed by atoms with van der Waals surface area (Å²) in [5.74, 6) is 0.178. The van der Waals surface area contributed by atoms with Gasteiger partial charge >= 0.3 is 0 Å². The second kappa shape index (κ2) is 12.7. The molecule has 1 N–H and O–H groups in total. The summed E-state index contributed by atoms with van der Waals surface area (Å²) in [5, 5.41) is 11.5. The molecule has 0 aromatic heterocycles. The fourth-order valence-electron chi connectivity index (χ4n) is 4.46. The highest BCUT2D eigenvalue weighted by Crippen LogP contribution is 2.45. The maximum atomic E-state index is 13.4. The summed E-state index contributed by atoms with van der Waals surface area (Å²) in [6.45, 7) is 5.37. The second-order valence-electron chi connectivity index (χ2n) is 9.44. The fourth-order valence-corrected chi connectivity index (χ4v) is 4.46. The Morgan fingerprint density at radius 3 is 2.18 bits per heavy atom. The minimum atomic E-state index is -0.857. The number of aliphatic hydroxyl groups is 1. The number of methoxy groups -OCH3 is 3. The van der Waals surface area contributed by atoms with E-state index in [0.717, 1.165) is 18.4 Å². The third kappa shape index (κ3) is 5.88. The molecule has 0 saturated carbocycles. The van der Waals surface area contributed by atoms with E-state index < -0.39 is 17.7 Å². The number of hydrogen-bond acceptors (Lipinski definition) is 8. The lowest BCUT2D eigenvalue weighted by Crippen LogP contribution is -2.35. The van der Waals surface area contributed by atoms with Crippen LogP contribution in [0.3, 0.4) is 0 Å². The first-order valence-electron chi connectivity index (χ1n) is 12.6. The van der Waals surface area contributed by atoms with Crippen molar-refractivity contribution in [2.45, 2.75) is 32.7 Å². The Hall–Kier alpha value is -3.72. The minimum Gasteiger partial charge on any atom is -0.507 e. The van der Waals surface area contributed by atoms with Crippen LogP contribution in [0.1, 0.15) is 42.5 Å². The van der Waals surface area contributed by atoms with Crippen LogP contribution >= 0.6 is 0 Å². The van der Waals surface area contributed by atoms with Crippen LogP contribution in [0.4, 0.5) is 0 Å². The van der Waals surface area contributed by atoms with Gasteiger partial charge in [0.1, 0.15) is 11.5 Å². The highest BCUT2D eigenvalue weighted by atomic mass is 16.5. The summed E-state index contributed by atoms with van der Waals surface area (Å²) in [6, 6.07) is 7.77. The normalized spacial score (nSPS) is 16.7. The van der Waals surface area contributed by atoms with Gasteiger partial charge in [0.2, 0.25) is 5.75 Å². The number of aryl methyl sites for hydroxylation is 1. The van der Waals surface area contributed by atoms with E-state index in [9.17, 15) is 14.7 Å². The third-order valence-corrected chi connectivity index (χ3v) is 6.53. The lowest BCUT2D eigenvalue weighted by molar-refractivity contribution is -0.140. The monoisotopic (exact) mass is 526 g/mol. The molecule has 1 amide bonds. The SMILES string of the molecule is CCCCOc1ccc(C(O)=C2C(=O)C(=O)N(CCN(C)C)[C@@H]2c2cc(OC)c(OC)c(OC)c2)cc1C. The number of hydrogen-bond donors (Lipinski definition) is 1. The molecule has 0 radical (unpaired) electrons. The zero-order valence-electron chi connectivity index (χ0n) is 23.3. The zero-order valence-corrected chi connectivity index (χ0v) is 23.3. The van der Waals surface area contributed by atoms with Crippen LogP contribution in [-0.2, 0) is 9.59 Å². The third-order valence-electron chi connectivity index (χ3n) is 6.53. The average molecular weight is 527 g/mol. The number of carbonyl (C=O) groups is 2. The first kappa shape index (κ1) is 28.8. The van der Waals surface area contributed by atoms with E-state index in [-0.39, 0.29) is 17.9 Å². The van der Waals surface area contributed by atoms with Crippen LogP contribution in [0.5, 0.6) is 23.0 Å². The Bertz CT molecular complexity index is 1180. The molecule has 9 nitrogen and oxygen atoms in total. The summed E-state index contributed by atoms with van der Waals surface area (Å²) in [7, 11) is 8.27. The maximum absolute atomic E-state index is 13.4. The van der Waals surface area contributed by atoms with E-state index in [1.807, 2.05) is 25.9 Å². The number of nitrogens with zero attached hydrogens (tertiary/aromatic N) is 2. The van der Waals surface area contributed by atoms with Crippen LogP contribution in [-0.4, -0.2) is 81.7 Å². The molecule has 0 spiro atoms. The molecular weight excluding hydrogens is 488 g/mol. The van der Waals surface area contributed by atoms with Gasteiger partial charge in [-0.25, -0.2) is 0 Å². The van der Waals surface area contributed by atoms with Gasteiger partial charge in [-0.1, -0.05) is 13.3 Å². The predicted molar refractivity (Wildman–Crippen MR) is 145 cm³/mol. The van der Waals surface area contributed by atoms with Gasteiger partial charge in [-0.05, 0) is 68.9 Å². The highest BCUT2D eigenvalue weighted by molar-refractivity contribution is 6.46. The minimum absolute atomic E-state index is 0.00193. The Morgan fingerprint density at radius 1 is 1.00 bits per heavy atom. The molecule has 206 valence electrons. The lowest BCUT2D eigenvalue weighted by Gasteiger charge is -2.27. The molecule has 1 fully saturated rings. The van der Waals surface area contributed by atoms with Crippen molar-refractivity contribution < 1.29 is 33.6 Å². The topological polar surface area (TPSA) is 97.8 Å². The number of ketones is 1. The highest BCUT2D eigenvalue weighted by Gasteiger charge is 2.46. The number of likely N-dealkylation sites (tertiary alicyclic amines) is 1. The van der Waals surface area contributed by atoms with Gasteiger partial charge in [0.15, 0.2) is 11.5 Å². The summed E-state index contributed by atoms with van der Waals surface area (Å²) in [4.78, 5) is 30.0. The first-order valence-corrected chi connectivity index (χ1v) is 12.6. The van der Waals surface area contributed by atoms with Crippen LogP contribution in [0, 0.1) is 6.92 Å². The van der Waals surface area contributed by atoms with Gasteiger partial charge < -0.3 is 33.9 Å². The van der Waals surface area contributed by atoms with E-state index >= 15 is 0 Å². The molecule has 0 bridgehead atoms. The number of carbonyl (C=O) groups excluding carboxylic acids is 2. The lowest BCUT2D eigenvalue weighted by atomic mass is 9.94. The van der Waals surface area contributed by atoms with Gasteiger partial charge in [0, 0.05) is 18.7 Å². The van der Waals surface area contributed by atoms with Crippen molar-refractivity contribution in [3.63, 3.8) is 0 Å². The average Bonchev–Trinajstić information content (AvgIpc) is 3.16. The quantitative estimate of drug-likeness (QED) is 0.190. The molecule has 9 heteroatoms. The molecule has 1 saturated heterocycles. The Labute approximate surface area is 224 Å². The fraction of sp³-hybridized carbons (Fsp3) is 0.448. The van der Waals surface area contributed by atoms with Gasteiger partial charge in [0.05, 0.1) is 39.6 Å². The number of Topliss-reactive ketones (excluding diaryl/α,β-unsaturated/α-hetero) is 1. The van der Waals surface area contributed by atoms with E-state index in [0.29, 0.717) is 47.3 Å². The molecule has 1 atom stereocenters. The van der Waals surface area contributed by atoms with Crippen molar-refractivity contribution in [3.8, 4) is 23.0 Å². The number of unbranched alkanes of at least 4 members (excludes halogenated alkanes) is 1. The van der Waals surface area contributed by atoms with E-state index in [1.54, 1.807) is 30.3 Å². The number of aliphatic hydroxyl groups excluding tert-OH is 1. The summed E-state index contributed by atoms with van der Waals surface area (Å²) in [5.41, 5.74) is 1.79. The number of benzene rings is 2. The Balaban J connectivity index is 2.17. The van der Waals surface area contributed by atoms with E-state index in [2.05, 4.69) is 6.92 Å². The van der Waals surface area contributed by atoms with Crippen molar-refractivity contribution >= 4 is 17.4 Å². The van der Waals surface area contributed by atoms with E-state index in [1.165, 1.54) is 26.2 Å². The predicted octanol–water partition coefficient (Wildman–Crippen LogP) is 4.18. The van der Waals surface area contributed by atoms with Gasteiger partial charge in [0.25, 0.3) is 11.7 Å². The smallest absolute Gasteiger partial charge is 0.295 e. The van der Waals surface area contributed by atoms with Crippen LogP contribution in [0.15, 0.2) is 35.9 Å². The molecule has 3 rings (SSSR count). The number of ether oxygens (including phenoxy) is 4. The Kier molecular flexibility index (Phi) is 9.63. The van der Waals surface area contributed by atoms with Crippen LogP contribution < -0.4 is 18.9 Å². The van der Waals surface area contributed by atoms with Gasteiger partial charge in [-0.15, -0.1) is 0 Å². The Morgan fingerprint density at radius 2 is 1.66 bits per heavy atom. The number of rotatable bonds is 12. The number of likely N-dealkylation sites (N-methyl/N-ethyl adjacent to an activating group) is 1. The van der Waals surface area contributed by atoms with Crippen LogP contribution in [0.2, 0.25) is 0 Å². The van der Waals surface area contributed by atoms with Crippen molar-refractivity contribution in [2.75, 3.05) is 55.1 Å². The first-order chi connectivity index (χ1) is 18.2. The largest absolute Gasteiger partial charge is 0.507 e. The van der Waals surface area contributed by atoms with Crippen LogP contribution in [0.25, 0.3) is 5.76 Å². The van der Waals surface area contributed by atoms with Crippen molar-refractivity contribution in [1.82, 2.24) is 9.80 Å². The summed E-state index contributed by atoms with van der Waals surface area (Å²) < 4.78 is 22.3. The maximum Gasteiger partial charge on any atom is 0.295 e. The molecule has 2 aromatic carbocycles. The molecule has 0 unspecified atom stereocenters. The molecule has 38 heavy (non-hydrogen) atoms. The summed E-state index contributed by atoms with van der Waals surface area (Å²) in [6.07, 6.45) is 1.96. The molecule has 1 heterocycles. The molecule has 1 aliphatic heterocycles. The van der Waals surface area contributed by atoms with Crippen molar-refractivity contribution in [3.05, 3.63) is 52.6 Å². The summed E-state index contributed by atoms with van der Waals surface area (Å²) >= 11 is 0. The molecular formula is C29H38N2O7. The number of amides is 1. The zero-order chi connectivity index (χ0) is 28.0.